The Morgan fingerprint density at radius 1 is 1.28 bits per heavy atom. The van der Waals surface area contributed by atoms with E-state index >= 15 is 0 Å². The lowest BCUT2D eigenvalue weighted by Gasteiger charge is -2.22. The largest absolute Gasteiger partial charge is 0.462 e. The lowest BCUT2D eigenvalue weighted by molar-refractivity contribution is -0.157. The van der Waals surface area contributed by atoms with E-state index in [9.17, 15) is 14.4 Å². The summed E-state index contributed by atoms with van der Waals surface area (Å²) in [6.45, 7) is -0.434. The first-order valence-electron chi connectivity index (χ1n) is 8.06. The van der Waals surface area contributed by atoms with Crippen LogP contribution in [0.25, 0.3) is 0 Å². The number of hydrogen-bond acceptors (Lipinski definition) is 5. The molecule has 8 heteroatoms. The standard InChI is InChI=1S/C17H15Cl2NO5/c18-8-1-2-11(10(19)5-8)20-13(21)6-24-16(22)14-7-3-9-12(4-7)25-17(23)15(9)14/h1-2,5,7,9,12,14-15H,3-4,6H2,(H,20,21)/t7-,9+,12-,14+,15+/m1/s1. The molecule has 1 aliphatic heterocycles. The maximum Gasteiger partial charge on any atom is 0.310 e. The smallest absolute Gasteiger partial charge is 0.310 e. The number of carbonyl (C=O) groups excluding carboxylic acids is 3. The number of esters is 2. The van der Waals surface area contributed by atoms with Gasteiger partial charge in [0.25, 0.3) is 5.91 Å². The Morgan fingerprint density at radius 3 is 2.84 bits per heavy atom. The molecule has 3 aliphatic rings. The molecule has 5 atom stereocenters. The van der Waals surface area contributed by atoms with Crippen LogP contribution in [0.2, 0.25) is 10.0 Å². The molecule has 0 radical (unpaired) electrons. The van der Waals surface area contributed by atoms with Crippen LogP contribution in [-0.4, -0.2) is 30.6 Å². The van der Waals surface area contributed by atoms with Crippen LogP contribution < -0.4 is 5.32 Å². The van der Waals surface area contributed by atoms with Gasteiger partial charge >= 0.3 is 11.9 Å². The van der Waals surface area contributed by atoms with Crippen molar-refractivity contribution < 1.29 is 23.9 Å². The topological polar surface area (TPSA) is 81.7 Å². The second-order valence-corrected chi connectivity index (χ2v) is 7.55. The van der Waals surface area contributed by atoms with E-state index in [2.05, 4.69) is 5.32 Å². The van der Waals surface area contributed by atoms with Gasteiger partial charge in [-0.3, -0.25) is 14.4 Å². The number of anilines is 1. The van der Waals surface area contributed by atoms with Gasteiger partial charge in [-0.1, -0.05) is 23.2 Å². The van der Waals surface area contributed by atoms with Gasteiger partial charge in [0.15, 0.2) is 6.61 Å². The number of halogens is 2. The first-order chi connectivity index (χ1) is 11.9. The van der Waals surface area contributed by atoms with E-state index in [0.717, 1.165) is 6.42 Å². The fraction of sp³-hybridized carbons (Fsp3) is 0.471. The Hall–Kier alpha value is -1.79. The van der Waals surface area contributed by atoms with Crippen LogP contribution in [0.5, 0.6) is 0 Å². The third-order valence-corrected chi connectivity index (χ3v) is 5.85. The second kappa shape index (κ2) is 6.18. The summed E-state index contributed by atoms with van der Waals surface area (Å²) < 4.78 is 10.4. The summed E-state index contributed by atoms with van der Waals surface area (Å²) >= 11 is 11.8. The van der Waals surface area contributed by atoms with Crippen LogP contribution >= 0.6 is 23.2 Å². The van der Waals surface area contributed by atoms with Crippen molar-refractivity contribution in [3.8, 4) is 0 Å². The number of nitrogens with one attached hydrogen (secondary N) is 1. The Labute approximate surface area is 153 Å². The third-order valence-electron chi connectivity index (χ3n) is 5.31. The molecule has 2 bridgehead atoms. The molecular weight excluding hydrogens is 369 g/mol. The summed E-state index contributed by atoms with van der Waals surface area (Å²) in [5.74, 6) is -2.01. The highest BCUT2D eigenvalue weighted by Crippen LogP contribution is 2.57. The molecule has 3 fully saturated rings. The van der Waals surface area contributed by atoms with Crippen LogP contribution in [0.15, 0.2) is 18.2 Å². The molecule has 0 unspecified atom stereocenters. The minimum Gasteiger partial charge on any atom is -0.462 e. The third kappa shape index (κ3) is 2.87. The van der Waals surface area contributed by atoms with Crippen molar-refractivity contribution in [1.29, 1.82) is 0 Å². The lowest BCUT2D eigenvalue weighted by Crippen LogP contribution is -2.34. The summed E-state index contributed by atoms with van der Waals surface area (Å²) in [6, 6.07) is 4.66. The molecule has 25 heavy (non-hydrogen) atoms. The fourth-order valence-electron chi connectivity index (χ4n) is 4.34. The summed E-state index contributed by atoms with van der Waals surface area (Å²) in [4.78, 5) is 36.3. The Morgan fingerprint density at radius 2 is 2.08 bits per heavy atom. The van der Waals surface area contributed by atoms with E-state index < -0.39 is 30.3 Å². The summed E-state index contributed by atoms with van der Waals surface area (Å²) in [5, 5.41) is 3.30. The molecule has 132 valence electrons. The summed E-state index contributed by atoms with van der Waals surface area (Å²) in [7, 11) is 0. The van der Waals surface area contributed by atoms with Gasteiger partial charge in [0, 0.05) is 10.9 Å². The molecule has 0 spiro atoms. The van der Waals surface area contributed by atoms with E-state index in [1.54, 1.807) is 12.1 Å². The van der Waals surface area contributed by atoms with E-state index in [4.69, 9.17) is 32.7 Å². The highest BCUT2D eigenvalue weighted by molar-refractivity contribution is 6.36. The molecule has 1 aromatic carbocycles. The highest BCUT2D eigenvalue weighted by Gasteiger charge is 2.64. The van der Waals surface area contributed by atoms with Crippen molar-refractivity contribution in [3.63, 3.8) is 0 Å². The van der Waals surface area contributed by atoms with Crippen molar-refractivity contribution in [2.75, 3.05) is 11.9 Å². The molecule has 0 aromatic heterocycles. The van der Waals surface area contributed by atoms with Crippen LogP contribution in [0, 0.1) is 23.7 Å². The Bertz CT molecular complexity index is 765. The minimum absolute atomic E-state index is 0.0399. The molecule has 6 nitrogen and oxygen atoms in total. The number of benzene rings is 1. The van der Waals surface area contributed by atoms with Crippen molar-refractivity contribution >= 4 is 46.7 Å². The van der Waals surface area contributed by atoms with Gasteiger partial charge in [-0.2, -0.15) is 0 Å². The minimum atomic E-state index is -0.507. The molecule has 1 heterocycles. The van der Waals surface area contributed by atoms with Crippen molar-refractivity contribution in [2.24, 2.45) is 23.7 Å². The molecule has 2 aliphatic carbocycles. The van der Waals surface area contributed by atoms with E-state index in [1.807, 2.05) is 0 Å². The maximum absolute atomic E-state index is 12.4. The SMILES string of the molecule is O=C(COC(=O)[C@H]1[C@@H]2C[C@@H]3[C@@H]1C(=O)O[C@@H]3C2)Nc1ccc(Cl)cc1Cl. The zero-order valence-electron chi connectivity index (χ0n) is 13.0. The zero-order valence-corrected chi connectivity index (χ0v) is 14.5. The van der Waals surface area contributed by atoms with E-state index in [1.165, 1.54) is 6.07 Å². The summed E-state index contributed by atoms with van der Waals surface area (Å²) in [5.41, 5.74) is 0.384. The first kappa shape index (κ1) is 16.7. The Balaban J connectivity index is 1.34. The average molecular weight is 384 g/mol. The van der Waals surface area contributed by atoms with Gasteiger partial charge in [-0.15, -0.1) is 0 Å². The molecule has 1 saturated heterocycles. The number of hydrogen-bond donors (Lipinski definition) is 1. The molecular formula is C17H15Cl2NO5. The normalized spacial score (nSPS) is 31.8. The fourth-order valence-corrected chi connectivity index (χ4v) is 4.79. The van der Waals surface area contributed by atoms with Crippen LogP contribution in [-0.2, 0) is 23.9 Å². The predicted octanol–water partition coefficient (Wildman–Crippen LogP) is 2.67. The van der Waals surface area contributed by atoms with Gasteiger partial charge in [0.2, 0.25) is 0 Å². The predicted molar refractivity (Wildman–Crippen MR) is 89.1 cm³/mol. The number of ether oxygens (including phenoxy) is 2. The molecule has 1 aromatic rings. The van der Waals surface area contributed by atoms with Gasteiger partial charge in [0.05, 0.1) is 22.5 Å². The maximum atomic E-state index is 12.4. The van der Waals surface area contributed by atoms with Gasteiger partial charge < -0.3 is 14.8 Å². The van der Waals surface area contributed by atoms with Crippen molar-refractivity contribution in [1.82, 2.24) is 0 Å². The zero-order chi connectivity index (χ0) is 17.7. The van der Waals surface area contributed by atoms with E-state index in [0.29, 0.717) is 22.2 Å². The number of fused-ring (bicyclic) bond motifs is 1. The molecule has 1 amide bonds. The van der Waals surface area contributed by atoms with Crippen molar-refractivity contribution in [3.05, 3.63) is 28.2 Å². The Kier molecular flexibility index (Phi) is 4.12. The van der Waals surface area contributed by atoms with Crippen LogP contribution in [0.3, 0.4) is 0 Å². The van der Waals surface area contributed by atoms with Gasteiger partial charge in [0.1, 0.15) is 6.10 Å². The quantitative estimate of drug-likeness (QED) is 0.808. The average Bonchev–Trinajstić information content (AvgIpc) is 3.17. The van der Waals surface area contributed by atoms with Crippen molar-refractivity contribution in [2.45, 2.75) is 18.9 Å². The molecule has 4 rings (SSSR count). The van der Waals surface area contributed by atoms with Crippen LogP contribution in [0.4, 0.5) is 5.69 Å². The van der Waals surface area contributed by atoms with Gasteiger partial charge in [-0.05, 0) is 37.0 Å². The second-order valence-electron chi connectivity index (χ2n) is 6.70. The molecule has 1 N–H and O–H groups in total. The monoisotopic (exact) mass is 383 g/mol. The van der Waals surface area contributed by atoms with Crippen LogP contribution in [0.1, 0.15) is 12.8 Å². The number of amides is 1. The lowest BCUT2D eigenvalue weighted by atomic mass is 9.80. The summed E-state index contributed by atoms with van der Waals surface area (Å²) in [6.07, 6.45) is 1.48. The highest BCUT2D eigenvalue weighted by atomic mass is 35.5. The number of carbonyl (C=O) groups is 3. The van der Waals surface area contributed by atoms with E-state index in [-0.39, 0.29) is 23.9 Å². The first-order valence-corrected chi connectivity index (χ1v) is 8.81. The molecule has 2 saturated carbocycles. The van der Waals surface area contributed by atoms with Gasteiger partial charge in [-0.25, -0.2) is 0 Å². The number of rotatable bonds is 4.